The van der Waals surface area contributed by atoms with E-state index in [0.717, 1.165) is 30.2 Å². The fraction of sp³-hybridized carbons (Fsp3) is 0.304. The molecule has 3 aromatic rings. The van der Waals surface area contributed by atoms with E-state index in [0.29, 0.717) is 18.8 Å². The van der Waals surface area contributed by atoms with Crippen LogP contribution in [0.15, 0.2) is 54.6 Å². The van der Waals surface area contributed by atoms with Crippen molar-refractivity contribution < 1.29 is 9.53 Å². The van der Waals surface area contributed by atoms with Crippen molar-refractivity contribution >= 4 is 11.6 Å². The van der Waals surface area contributed by atoms with E-state index in [2.05, 4.69) is 41.2 Å². The maximum atomic E-state index is 13.3. The number of aryl methyl sites for hydroxylation is 2. The van der Waals surface area contributed by atoms with Gasteiger partial charge in [-0.2, -0.15) is 5.10 Å². The predicted octanol–water partition coefficient (Wildman–Crippen LogP) is 3.46. The molecular formula is C23H26N4O2. The highest BCUT2D eigenvalue weighted by Crippen LogP contribution is 2.23. The number of carbonyl (C=O) groups excluding carboxylic acids is 1. The number of nitrogens with zero attached hydrogens (tertiary/aromatic N) is 4. The SMILES string of the molecule is COc1cccc(-n2nc(C)cc2C(=O)N2CCN(c3ccccc3C)CC2)c1. The Morgan fingerprint density at radius 1 is 0.966 bits per heavy atom. The van der Waals surface area contributed by atoms with Crippen LogP contribution in [0.1, 0.15) is 21.7 Å². The van der Waals surface area contributed by atoms with Crippen molar-refractivity contribution in [3.05, 3.63) is 71.5 Å². The number of benzene rings is 2. The van der Waals surface area contributed by atoms with Crippen LogP contribution in [-0.4, -0.2) is 53.9 Å². The quantitative estimate of drug-likeness (QED) is 0.685. The Hall–Kier alpha value is -3.28. The van der Waals surface area contributed by atoms with Crippen molar-refractivity contribution in [1.82, 2.24) is 14.7 Å². The van der Waals surface area contributed by atoms with Gasteiger partial charge in [0.1, 0.15) is 11.4 Å². The van der Waals surface area contributed by atoms with Crippen LogP contribution in [0.3, 0.4) is 0 Å². The lowest BCUT2D eigenvalue weighted by Crippen LogP contribution is -2.49. The first-order valence-corrected chi connectivity index (χ1v) is 9.88. The zero-order chi connectivity index (χ0) is 20.4. The van der Waals surface area contributed by atoms with Crippen LogP contribution in [0.5, 0.6) is 5.75 Å². The summed E-state index contributed by atoms with van der Waals surface area (Å²) in [6, 6.07) is 17.9. The number of amides is 1. The molecule has 6 nitrogen and oxygen atoms in total. The highest BCUT2D eigenvalue weighted by Gasteiger charge is 2.26. The van der Waals surface area contributed by atoms with Gasteiger partial charge in [-0.1, -0.05) is 24.3 Å². The smallest absolute Gasteiger partial charge is 0.272 e. The van der Waals surface area contributed by atoms with Crippen molar-refractivity contribution in [2.45, 2.75) is 13.8 Å². The average Bonchev–Trinajstić information content (AvgIpc) is 3.15. The maximum absolute atomic E-state index is 13.3. The number of para-hydroxylation sites is 1. The van der Waals surface area contributed by atoms with Crippen LogP contribution < -0.4 is 9.64 Å². The number of piperazine rings is 1. The first-order valence-electron chi connectivity index (χ1n) is 9.88. The lowest BCUT2D eigenvalue weighted by Gasteiger charge is -2.36. The Bertz CT molecular complexity index is 1020. The molecule has 1 aliphatic rings. The normalized spacial score (nSPS) is 14.2. The van der Waals surface area contributed by atoms with Gasteiger partial charge in [-0.25, -0.2) is 4.68 Å². The summed E-state index contributed by atoms with van der Waals surface area (Å²) in [7, 11) is 1.63. The Kier molecular flexibility index (Phi) is 5.25. The third-order valence-electron chi connectivity index (χ3n) is 5.37. The molecule has 1 aliphatic heterocycles. The molecule has 0 spiro atoms. The molecule has 2 aromatic carbocycles. The van der Waals surface area contributed by atoms with E-state index in [-0.39, 0.29) is 5.91 Å². The summed E-state index contributed by atoms with van der Waals surface area (Å²) in [6.07, 6.45) is 0. The number of hydrogen-bond acceptors (Lipinski definition) is 4. The summed E-state index contributed by atoms with van der Waals surface area (Å²) < 4.78 is 7.04. The monoisotopic (exact) mass is 390 g/mol. The number of rotatable bonds is 4. The molecule has 0 aliphatic carbocycles. The zero-order valence-corrected chi connectivity index (χ0v) is 17.1. The number of anilines is 1. The molecule has 2 heterocycles. The van der Waals surface area contributed by atoms with Gasteiger partial charge in [-0.15, -0.1) is 0 Å². The molecule has 0 saturated carbocycles. The van der Waals surface area contributed by atoms with Gasteiger partial charge in [0.05, 0.1) is 18.5 Å². The summed E-state index contributed by atoms with van der Waals surface area (Å²) >= 11 is 0. The Morgan fingerprint density at radius 2 is 1.72 bits per heavy atom. The second-order valence-corrected chi connectivity index (χ2v) is 7.35. The van der Waals surface area contributed by atoms with Crippen LogP contribution in [0.4, 0.5) is 5.69 Å². The molecule has 6 heteroatoms. The van der Waals surface area contributed by atoms with E-state index in [9.17, 15) is 4.79 Å². The third kappa shape index (κ3) is 3.83. The highest BCUT2D eigenvalue weighted by molar-refractivity contribution is 5.93. The zero-order valence-electron chi connectivity index (χ0n) is 17.1. The molecule has 29 heavy (non-hydrogen) atoms. The Morgan fingerprint density at radius 3 is 2.45 bits per heavy atom. The lowest BCUT2D eigenvalue weighted by molar-refractivity contribution is 0.0737. The summed E-state index contributed by atoms with van der Waals surface area (Å²) in [5.41, 5.74) is 4.73. The molecule has 1 saturated heterocycles. The molecule has 4 rings (SSSR count). The summed E-state index contributed by atoms with van der Waals surface area (Å²) in [5, 5.41) is 4.55. The van der Waals surface area contributed by atoms with Crippen molar-refractivity contribution in [3.63, 3.8) is 0 Å². The maximum Gasteiger partial charge on any atom is 0.272 e. The van der Waals surface area contributed by atoms with Crippen LogP contribution in [0.2, 0.25) is 0 Å². The van der Waals surface area contributed by atoms with Gasteiger partial charge in [0.2, 0.25) is 0 Å². The van der Waals surface area contributed by atoms with E-state index >= 15 is 0 Å². The first kappa shape index (κ1) is 19.1. The molecule has 1 aromatic heterocycles. The van der Waals surface area contributed by atoms with E-state index in [1.807, 2.05) is 42.2 Å². The van der Waals surface area contributed by atoms with Crippen LogP contribution >= 0.6 is 0 Å². The number of hydrogen-bond donors (Lipinski definition) is 0. The van der Waals surface area contributed by atoms with Crippen molar-refractivity contribution in [3.8, 4) is 11.4 Å². The van der Waals surface area contributed by atoms with Crippen molar-refractivity contribution in [1.29, 1.82) is 0 Å². The topological polar surface area (TPSA) is 50.6 Å². The largest absolute Gasteiger partial charge is 0.497 e. The van der Waals surface area contributed by atoms with Gasteiger partial charge in [-0.05, 0) is 43.7 Å². The molecular weight excluding hydrogens is 364 g/mol. The molecule has 1 fully saturated rings. The molecule has 0 bridgehead atoms. The second kappa shape index (κ2) is 7.99. The Balaban J connectivity index is 1.53. The van der Waals surface area contributed by atoms with Crippen LogP contribution in [0.25, 0.3) is 5.69 Å². The highest BCUT2D eigenvalue weighted by atomic mass is 16.5. The molecule has 0 radical (unpaired) electrons. The van der Waals surface area contributed by atoms with Gasteiger partial charge in [0.25, 0.3) is 5.91 Å². The van der Waals surface area contributed by atoms with Gasteiger partial charge < -0.3 is 14.5 Å². The molecule has 150 valence electrons. The number of methoxy groups -OCH3 is 1. The van der Waals surface area contributed by atoms with Crippen LogP contribution in [0, 0.1) is 13.8 Å². The van der Waals surface area contributed by atoms with E-state index in [1.165, 1.54) is 11.3 Å². The van der Waals surface area contributed by atoms with Crippen molar-refractivity contribution in [2.24, 2.45) is 0 Å². The third-order valence-corrected chi connectivity index (χ3v) is 5.37. The second-order valence-electron chi connectivity index (χ2n) is 7.35. The van der Waals surface area contributed by atoms with Gasteiger partial charge >= 0.3 is 0 Å². The molecule has 0 unspecified atom stereocenters. The minimum atomic E-state index is 0.0119. The molecule has 0 atom stereocenters. The minimum Gasteiger partial charge on any atom is -0.497 e. The van der Waals surface area contributed by atoms with Gasteiger partial charge in [0, 0.05) is 37.9 Å². The van der Waals surface area contributed by atoms with Gasteiger partial charge in [0.15, 0.2) is 0 Å². The predicted molar refractivity (Wildman–Crippen MR) is 114 cm³/mol. The standard InChI is InChI=1S/C23H26N4O2/c1-17-7-4-5-10-21(17)25-11-13-26(14-12-25)23(28)22-15-18(2)24-27(22)19-8-6-9-20(16-19)29-3/h4-10,15-16H,11-14H2,1-3H3. The lowest BCUT2D eigenvalue weighted by atomic mass is 10.1. The van der Waals surface area contributed by atoms with E-state index in [4.69, 9.17) is 4.74 Å². The fourth-order valence-electron chi connectivity index (χ4n) is 3.82. The van der Waals surface area contributed by atoms with E-state index < -0.39 is 0 Å². The number of ether oxygens (including phenoxy) is 1. The van der Waals surface area contributed by atoms with E-state index in [1.54, 1.807) is 11.8 Å². The average molecular weight is 390 g/mol. The van der Waals surface area contributed by atoms with Crippen molar-refractivity contribution in [2.75, 3.05) is 38.2 Å². The Labute approximate surface area is 171 Å². The van der Waals surface area contributed by atoms with Crippen LogP contribution in [-0.2, 0) is 0 Å². The molecule has 1 amide bonds. The summed E-state index contributed by atoms with van der Waals surface area (Å²) in [4.78, 5) is 17.6. The number of aromatic nitrogens is 2. The number of carbonyl (C=O) groups is 1. The fourth-order valence-corrected chi connectivity index (χ4v) is 3.82. The minimum absolute atomic E-state index is 0.0119. The molecule has 0 N–H and O–H groups in total. The van der Waals surface area contributed by atoms with Gasteiger partial charge in [-0.3, -0.25) is 4.79 Å². The summed E-state index contributed by atoms with van der Waals surface area (Å²) in [6.45, 7) is 7.06. The first-order chi connectivity index (χ1) is 14.1. The summed E-state index contributed by atoms with van der Waals surface area (Å²) in [5.74, 6) is 0.749.